The Labute approximate surface area is 152 Å². The van der Waals surface area contributed by atoms with Crippen LogP contribution in [0.4, 0.5) is 0 Å². The van der Waals surface area contributed by atoms with E-state index in [0.29, 0.717) is 12.3 Å². The minimum absolute atomic E-state index is 0.0283. The molecular formula is C21H36O4. The maximum atomic E-state index is 11.5. The first-order valence-corrected chi connectivity index (χ1v) is 10.2. The number of rotatable bonds is 0. The van der Waals surface area contributed by atoms with Gasteiger partial charge in [-0.05, 0) is 75.5 Å². The molecule has 4 rings (SSSR count). The van der Waals surface area contributed by atoms with Crippen LogP contribution in [0.25, 0.3) is 0 Å². The Morgan fingerprint density at radius 3 is 2.32 bits per heavy atom. The van der Waals surface area contributed by atoms with E-state index in [1.54, 1.807) is 0 Å². The molecule has 0 aromatic carbocycles. The molecule has 144 valence electrons. The van der Waals surface area contributed by atoms with Gasteiger partial charge in [0.25, 0.3) is 0 Å². The quantitative estimate of drug-likeness (QED) is 0.699. The van der Waals surface area contributed by atoms with Crippen LogP contribution in [0, 0.1) is 22.2 Å². The Hall–Kier alpha value is -0.160. The van der Waals surface area contributed by atoms with Crippen LogP contribution < -0.4 is 0 Å². The molecule has 1 saturated heterocycles. The summed E-state index contributed by atoms with van der Waals surface area (Å²) in [6.45, 7) is 11.8. The number of fused-ring (bicyclic) bond motifs is 5. The van der Waals surface area contributed by atoms with Crippen molar-refractivity contribution in [1.29, 1.82) is 0 Å². The van der Waals surface area contributed by atoms with Crippen molar-refractivity contribution >= 4 is 0 Å². The third-order valence-corrected chi connectivity index (χ3v) is 9.24. The van der Waals surface area contributed by atoms with Crippen LogP contribution >= 0.6 is 0 Å². The average molecular weight is 353 g/mol. The third-order valence-electron chi connectivity index (χ3n) is 9.24. The van der Waals surface area contributed by atoms with Crippen molar-refractivity contribution < 1.29 is 19.7 Å². The summed E-state index contributed by atoms with van der Waals surface area (Å²) in [5, 5.41) is 22.0. The summed E-state index contributed by atoms with van der Waals surface area (Å²) in [7, 11) is 0. The van der Waals surface area contributed by atoms with E-state index in [0.717, 1.165) is 45.1 Å². The van der Waals surface area contributed by atoms with Gasteiger partial charge in [0.1, 0.15) is 0 Å². The van der Waals surface area contributed by atoms with E-state index in [9.17, 15) is 10.2 Å². The highest BCUT2D eigenvalue weighted by molar-refractivity contribution is 5.21. The van der Waals surface area contributed by atoms with Gasteiger partial charge in [0.05, 0.1) is 24.4 Å². The van der Waals surface area contributed by atoms with Gasteiger partial charge in [-0.1, -0.05) is 20.8 Å². The molecule has 25 heavy (non-hydrogen) atoms. The minimum Gasteiger partial charge on any atom is -0.390 e. The lowest BCUT2D eigenvalue weighted by Crippen LogP contribution is -2.67. The largest absolute Gasteiger partial charge is 0.390 e. The number of ether oxygens (including phenoxy) is 2. The summed E-state index contributed by atoms with van der Waals surface area (Å²) in [5.74, 6) is -0.0224. The van der Waals surface area contributed by atoms with Crippen molar-refractivity contribution in [3.05, 3.63) is 0 Å². The fourth-order valence-electron chi connectivity index (χ4n) is 7.45. The lowest BCUT2D eigenvalue weighted by atomic mass is 9.39. The third kappa shape index (κ3) is 2.14. The van der Waals surface area contributed by atoms with Crippen molar-refractivity contribution in [3.63, 3.8) is 0 Å². The van der Waals surface area contributed by atoms with E-state index >= 15 is 0 Å². The fourth-order valence-corrected chi connectivity index (χ4v) is 7.45. The van der Waals surface area contributed by atoms with Crippen LogP contribution in [0.1, 0.15) is 79.6 Å². The van der Waals surface area contributed by atoms with E-state index < -0.39 is 17.5 Å². The molecule has 4 nitrogen and oxygen atoms in total. The van der Waals surface area contributed by atoms with E-state index in [2.05, 4.69) is 20.8 Å². The van der Waals surface area contributed by atoms with Gasteiger partial charge in [-0.25, -0.2) is 0 Å². The number of hydrogen-bond acceptors (Lipinski definition) is 4. The second-order valence-corrected chi connectivity index (χ2v) is 10.5. The van der Waals surface area contributed by atoms with Crippen molar-refractivity contribution in [2.45, 2.75) is 103 Å². The van der Waals surface area contributed by atoms with Crippen LogP contribution in [0.15, 0.2) is 0 Å². The van der Waals surface area contributed by atoms with Gasteiger partial charge in [0, 0.05) is 5.41 Å². The Kier molecular flexibility index (Phi) is 3.80. The molecule has 1 aliphatic heterocycles. The topological polar surface area (TPSA) is 58.9 Å². The van der Waals surface area contributed by atoms with Gasteiger partial charge in [0.15, 0.2) is 5.79 Å². The molecule has 7 atom stereocenters. The second-order valence-electron chi connectivity index (χ2n) is 10.5. The molecule has 1 heterocycles. The predicted octanol–water partition coefficient (Wildman–Crippen LogP) is 3.64. The van der Waals surface area contributed by atoms with Gasteiger partial charge in [-0.3, -0.25) is 0 Å². The molecule has 4 heteroatoms. The Bertz CT molecular complexity index is 562. The fraction of sp³-hybridized carbons (Fsp3) is 1.00. The second kappa shape index (κ2) is 5.21. The SMILES string of the molecule is CC1(C)OCCC2(C)C(CCC3(C)C2CCC2(O)C(O)CCC32C)O1. The zero-order valence-corrected chi connectivity index (χ0v) is 16.6. The number of aliphatic hydroxyl groups is 2. The average Bonchev–Trinajstić information content (AvgIpc) is 2.68. The lowest BCUT2D eigenvalue weighted by Gasteiger charge is -2.67. The molecule has 0 spiro atoms. The van der Waals surface area contributed by atoms with E-state index in [1.807, 2.05) is 13.8 Å². The van der Waals surface area contributed by atoms with Crippen LogP contribution in [0.5, 0.6) is 0 Å². The van der Waals surface area contributed by atoms with Crippen LogP contribution in [-0.4, -0.2) is 40.4 Å². The van der Waals surface area contributed by atoms with Crippen molar-refractivity contribution in [2.75, 3.05) is 6.61 Å². The standard InChI is InChI=1S/C21H36O4/c1-17(2)24-13-12-18(3)14-6-11-21(23)15(22)7-10-20(21,5)19(14,4)9-8-16(18)25-17/h14-16,22-23H,6-13H2,1-5H3. The summed E-state index contributed by atoms with van der Waals surface area (Å²) in [6.07, 6.45) is 6.03. The molecule has 0 bridgehead atoms. The Morgan fingerprint density at radius 1 is 0.880 bits per heavy atom. The van der Waals surface area contributed by atoms with Gasteiger partial charge in [-0.2, -0.15) is 0 Å². The summed E-state index contributed by atoms with van der Waals surface area (Å²) in [5.41, 5.74) is -1.05. The molecule has 4 aliphatic rings. The molecule has 0 aromatic rings. The predicted molar refractivity (Wildman–Crippen MR) is 96.0 cm³/mol. The summed E-state index contributed by atoms with van der Waals surface area (Å²) >= 11 is 0. The summed E-state index contributed by atoms with van der Waals surface area (Å²) in [6, 6.07) is 0. The zero-order chi connectivity index (χ0) is 18.3. The van der Waals surface area contributed by atoms with Crippen LogP contribution in [0.2, 0.25) is 0 Å². The summed E-state index contributed by atoms with van der Waals surface area (Å²) < 4.78 is 12.5. The number of hydrogen-bond donors (Lipinski definition) is 2. The molecule has 0 radical (unpaired) electrons. The smallest absolute Gasteiger partial charge is 0.163 e. The van der Waals surface area contributed by atoms with Gasteiger partial charge < -0.3 is 19.7 Å². The highest BCUT2D eigenvalue weighted by Crippen LogP contribution is 2.72. The zero-order valence-electron chi connectivity index (χ0n) is 16.6. The van der Waals surface area contributed by atoms with E-state index in [1.165, 1.54) is 0 Å². The van der Waals surface area contributed by atoms with Crippen molar-refractivity contribution in [1.82, 2.24) is 0 Å². The maximum absolute atomic E-state index is 11.5. The summed E-state index contributed by atoms with van der Waals surface area (Å²) in [4.78, 5) is 0. The van der Waals surface area contributed by atoms with Gasteiger partial charge in [0.2, 0.25) is 0 Å². The Morgan fingerprint density at radius 2 is 1.60 bits per heavy atom. The van der Waals surface area contributed by atoms with E-state index in [4.69, 9.17) is 9.47 Å². The normalized spacial score (nSPS) is 58.0. The van der Waals surface area contributed by atoms with Crippen LogP contribution in [-0.2, 0) is 9.47 Å². The molecule has 3 saturated carbocycles. The van der Waals surface area contributed by atoms with E-state index in [-0.39, 0.29) is 22.3 Å². The first kappa shape index (κ1) is 18.2. The maximum Gasteiger partial charge on any atom is 0.163 e. The highest BCUT2D eigenvalue weighted by Gasteiger charge is 2.72. The molecule has 0 aromatic heterocycles. The molecule has 3 aliphatic carbocycles. The first-order chi connectivity index (χ1) is 11.5. The van der Waals surface area contributed by atoms with Gasteiger partial charge in [-0.15, -0.1) is 0 Å². The highest BCUT2D eigenvalue weighted by atomic mass is 16.7. The van der Waals surface area contributed by atoms with Crippen molar-refractivity contribution in [2.24, 2.45) is 22.2 Å². The minimum atomic E-state index is -0.928. The first-order valence-electron chi connectivity index (χ1n) is 10.2. The number of aliphatic hydroxyl groups excluding tert-OH is 1. The molecule has 7 unspecified atom stereocenters. The van der Waals surface area contributed by atoms with Crippen molar-refractivity contribution in [3.8, 4) is 0 Å². The van der Waals surface area contributed by atoms with Gasteiger partial charge >= 0.3 is 0 Å². The Balaban J connectivity index is 1.75. The monoisotopic (exact) mass is 352 g/mol. The molecular weight excluding hydrogens is 316 g/mol. The molecule has 0 amide bonds. The molecule has 4 fully saturated rings. The van der Waals surface area contributed by atoms with Crippen LogP contribution in [0.3, 0.4) is 0 Å². The lowest BCUT2D eigenvalue weighted by molar-refractivity contribution is -0.281. The molecule has 2 N–H and O–H groups in total.